The first kappa shape index (κ1) is 32.5. The molecule has 0 saturated carbocycles. The fraction of sp³-hybridized carbons (Fsp3) is 0. The first-order valence-corrected chi connectivity index (χ1v) is 19.8. The van der Waals surface area contributed by atoms with Crippen molar-refractivity contribution in [2.75, 3.05) is 0 Å². The molecule has 9 aromatic carbocycles. The summed E-state index contributed by atoms with van der Waals surface area (Å²) in [5.74, 6) is 0. The Labute approximate surface area is 334 Å². The van der Waals surface area contributed by atoms with Crippen LogP contribution in [0.5, 0.6) is 0 Å². The maximum atomic E-state index is 5.26. The van der Waals surface area contributed by atoms with Gasteiger partial charge in [0, 0.05) is 39.0 Å². The molecule has 0 fully saturated rings. The third-order valence-corrected chi connectivity index (χ3v) is 11.9. The van der Waals surface area contributed by atoms with Crippen LogP contribution in [-0.4, -0.2) is 15.0 Å². The minimum atomic E-state index is 0.903. The van der Waals surface area contributed by atoms with E-state index < -0.39 is 0 Å². The van der Waals surface area contributed by atoms with Gasteiger partial charge in [0.1, 0.15) is 0 Å². The van der Waals surface area contributed by atoms with Crippen molar-refractivity contribution in [3.63, 3.8) is 0 Å². The number of hydrogen-bond acceptors (Lipinski definition) is 3. The molecule has 0 bridgehead atoms. The van der Waals surface area contributed by atoms with Gasteiger partial charge >= 0.3 is 0 Å². The van der Waals surface area contributed by atoms with E-state index in [0.29, 0.717) is 0 Å². The molecule has 268 valence electrons. The summed E-state index contributed by atoms with van der Waals surface area (Å²) in [5.41, 5.74) is 14.0. The van der Waals surface area contributed by atoms with E-state index in [4.69, 9.17) is 9.97 Å². The molecule has 0 atom stereocenters. The summed E-state index contributed by atoms with van der Waals surface area (Å²) >= 11 is 0. The molecule has 3 nitrogen and oxygen atoms in total. The largest absolute Gasteiger partial charge is 0.256 e. The second-order valence-corrected chi connectivity index (χ2v) is 15.2. The fourth-order valence-corrected chi connectivity index (χ4v) is 8.99. The number of rotatable bonds is 5. The minimum absolute atomic E-state index is 0.903. The summed E-state index contributed by atoms with van der Waals surface area (Å²) in [6, 6.07) is 69.7. The molecular formula is C55H33N3. The van der Waals surface area contributed by atoms with E-state index in [2.05, 4.69) is 193 Å². The summed E-state index contributed by atoms with van der Waals surface area (Å²) in [6.07, 6.45) is 1.86. The first-order chi connectivity index (χ1) is 28.7. The molecule has 0 aliphatic heterocycles. The van der Waals surface area contributed by atoms with Gasteiger partial charge in [-0.05, 0) is 78.3 Å². The molecule has 0 saturated heterocycles. The smallest absolute Gasteiger partial charge is 0.0972 e. The molecule has 0 unspecified atom stereocenters. The lowest BCUT2D eigenvalue weighted by Gasteiger charge is -2.16. The minimum Gasteiger partial charge on any atom is -0.256 e. The Morgan fingerprint density at radius 2 is 0.707 bits per heavy atom. The molecule has 0 aliphatic rings. The van der Waals surface area contributed by atoms with Crippen LogP contribution in [0.1, 0.15) is 0 Å². The van der Waals surface area contributed by atoms with Gasteiger partial charge < -0.3 is 0 Å². The molecule has 12 rings (SSSR count). The molecular weight excluding hydrogens is 703 g/mol. The van der Waals surface area contributed by atoms with Crippen molar-refractivity contribution in [1.29, 1.82) is 0 Å². The first-order valence-electron chi connectivity index (χ1n) is 19.8. The Morgan fingerprint density at radius 3 is 1.29 bits per heavy atom. The van der Waals surface area contributed by atoms with Crippen LogP contribution < -0.4 is 0 Å². The highest BCUT2D eigenvalue weighted by atomic mass is 14.8. The van der Waals surface area contributed by atoms with Crippen LogP contribution in [0.2, 0.25) is 0 Å². The topological polar surface area (TPSA) is 38.7 Å². The van der Waals surface area contributed by atoms with E-state index in [1.165, 1.54) is 54.6 Å². The monoisotopic (exact) mass is 735 g/mol. The van der Waals surface area contributed by atoms with Gasteiger partial charge in [0.15, 0.2) is 0 Å². The third kappa shape index (κ3) is 5.18. The van der Waals surface area contributed by atoms with E-state index >= 15 is 0 Å². The van der Waals surface area contributed by atoms with E-state index in [-0.39, 0.29) is 0 Å². The van der Waals surface area contributed by atoms with Gasteiger partial charge in [-0.15, -0.1) is 0 Å². The normalized spacial score (nSPS) is 11.8. The maximum Gasteiger partial charge on any atom is 0.0972 e. The highest BCUT2D eigenvalue weighted by Crippen LogP contribution is 2.42. The van der Waals surface area contributed by atoms with Crippen LogP contribution in [0.3, 0.4) is 0 Å². The summed E-state index contributed by atoms with van der Waals surface area (Å²) in [6.45, 7) is 0. The lowest BCUT2D eigenvalue weighted by atomic mass is 9.87. The average Bonchev–Trinajstić information content (AvgIpc) is 3.30. The van der Waals surface area contributed by atoms with Gasteiger partial charge in [0.25, 0.3) is 0 Å². The second kappa shape index (κ2) is 12.9. The predicted octanol–water partition coefficient (Wildman–Crippen LogP) is 14.6. The Morgan fingerprint density at radius 1 is 0.259 bits per heavy atom. The highest BCUT2D eigenvalue weighted by molar-refractivity contribution is 6.27. The van der Waals surface area contributed by atoms with Gasteiger partial charge in [-0.25, -0.2) is 9.97 Å². The van der Waals surface area contributed by atoms with Crippen LogP contribution in [0.15, 0.2) is 200 Å². The van der Waals surface area contributed by atoms with Crippen LogP contribution in [0.25, 0.3) is 121 Å². The van der Waals surface area contributed by atoms with Crippen LogP contribution in [0, 0.1) is 0 Å². The van der Waals surface area contributed by atoms with Crippen molar-refractivity contribution in [2.45, 2.75) is 0 Å². The maximum absolute atomic E-state index is 5.26. The van der Waals surface area contributed by atoms with Crippen molar-refractivity contribution in [3.05, 3.63) is 200 Å². The van der Waals surface area contributed by atoms with Gasteiger partial charge in [0.2, 0.25) is 0 Å². The molecule has 0 amide bonds. The Bertz CT molecular complexity index is 3530. The predicted molar refractivity (Wildman–Crippen MR) is 243 cm³/mol. The molecule has 3 heterocycles. The average molecular weight is 736 g/mol. The number of benzene rings is 9. The molecule has 3 heteroatoms. The Kier molecular flexibility index (Phi) is 7.23. The number of para-hydroxylation sites is 1. The van der Waals surface area contributed by atoms with Crippen molar-refractivity contribution < 1.29 is 0 Å². The summed E-state index contributed by atoms with van der Waals surface area (Å²) in [5, 5.41) is 11.0. The third-order valence-electron chi connectivity index (χ3n) is 11.9. The lowest BCUT2D eigenvalue weighted by molar-refractivity contribution is 1.36. The zero-order chi connectivity index (χ0) is 38.2. The SMILES string of the molecule is c1ccc(-c2ccc3ccc4c(-c5ccc(-c6ccc7ccc8ccc(-c9ccc(-c%10cccc%11cccnc%10%11)cc9)nc8c7n6)cc5)ccc5ccc2c3c54)cc1. The van der Waals surface area contributed by atoms with Crippen LogP contribution in [-0.2, 0) is 0 Å². The van der Waals surface area contributed by atoms with Crippen LogP contribution >= 0.6 is 0 Å². The van der Waals surface area contributed by atoms with Gasteiger partial charge in [-0.2, -0.15) is 0 Å². The number of fused-ring (bicyclic) bond motifs is 4. The van der Waals surface area contributed by atoms with Gasteiger partial charge in [-0.1, -0.05) is 176 Å². The molecule has 12 aromatic rings. The summed E-state index contributed by atoms with van der Waals surface area (Å²) in [4.78, 5) is 15.2. The van der Waals surface area contributed by atoms with E-state index in [1.807, 2.05) is 12.3 Å². The molecule has 0 radical (unpaired) electrons. The zero-order valence-electron chi connectivity index (χ0n) is 31.4. The molecule has 3 aromatic heterocycles. The quantitative estimate of drug-likeness (QED) is 0.165. The Balaban J connectivity index is 0.903. The van der Waals surface area contributed by atoms with Crippen molar-refractivity contribution in [1.82, 2.24) is 15.0 Å². The standard InChI is InChI=1S/C55H33N3/c1-2-6-34(7-3-1)44-27-21-39-24-30-48-45(28-22-40-23-29-47(44)51(39)52(40)48)35-11-15-37(16-12-35)49-31-25-42-19-20-43-26-32-50(58-55(43)54(42)57-49)38-17-13-36(14-18-38)46-10-4-8-41-9-5-33-56-53(41)46/h1-33H. The fourth-order valence-electron chi connectivity index (χ4n) is 8.99. The van der Waals surface area contributed by atoms with E-state index in [1.54, 1.807) is 0 Å². The van der Waals surface area contributed by atoms with Crippen LogP contribution in [0.4, 0.5) is 0 Å². The number of hydrogen-bond donors (Lipinski definition) is 0. The summed E-state index contributed by atoms with van der Waals surface area (Å²) < 4.78 is 0. The number of pyridine rings is 3. The highest BCUT2D eigenvalue weighted by Gasteiger charge is 2.16. The molecule has 0 aliphatic carbocycles. The van der Waals surface area contributed by atoms with Crippen molar-refractivity contribution in [2.24, 2.45) is 0 Å². The number of nitrogens with zero attached hydrogens (tertiary/aromatic N) is 3. The lowest BCUT2D eigenvalue weighted by Crippen LogP contribution is -1.91. The van der Waals surface area contributed by atoms with E-state index in [0.717, 1.165) is 66.4 Å². The molecule has 0 spiro atoms. The molecule has 58 heavy (non-hydrogen) atoms. The number of aromatic nitrogens is 3. The zero-order valence-corrected chi connectivity index (χ0v) is 31.4. The van der Waals surface area contributed by atoms with Gasteiger partial charge in [0.05, 0.1) is 27.9 Å². The molecule has 0 N–H and O–H groups in total. The van der Waals surface area contributed by atoms with Crippen molar-refractivity contribution >= 4 is 65.0 Å². The van der Waals surface area contributed by atoms with E-state index in [9.17, 15) is 0 Å². The second-order valence-electron chi connectivity index (χ2n) is 15.2. The Hall–Kier alpha value is -7.75. The summed E-state index contributed by atoms with van der Waals surface area (Å²) in [7, 11) is 0. The van der Waals surface area contributed by atoms with Crippen molar-refractivity contribution in [3.8, 4) is 55.9 Å². The van der Waals surface area contributed by atoms with Gasteiger partial charge in [-0.3, -0.25) is 4.98 Å².